The minimum absolute atomic E-state index is 0.113. The predicted molar refractivity (Wildman–Crippen MR) is 54.7 cm³/mol. The van der Waals surface area contributed by atoms with Gasteiger partial charge in [0.2, 0.25) is 5.91 Å². The molecule has 0 radical (unpaired) electrons. The summed E-state index contributed by atoms with van der Waals surface area (Å²) in [5.74, 6) is -0.972. The van der Waals surface area contributed by atoms with Crippen molar-refractivity contribution in [3.63, 3.8) is 0 Å². The Morgan fingerprint density at radius 3 is 2.94 bits per heavy atom. The lowest BCUT2D eigenvalue weighted by Gasteiger charge is -1.97. The van der Waals surface area contributed by atoms with Gasteiger partial charge in [-0.2, -0.15) is 0 Å². The van der Waals surface area contributed by atoms with Gasteiger partial charge in [-0.3, -0.25) is 9.59 Å². The molecule has 0 aliphatic heterocycles. The summed E-state index contributed by atoms with van der Waals surface area (Å²) < 4.78 is 1.43. The lowest BCUT2D eigenvalue weighted by atomic mass is 10.2. The van der Waals surface area contributed by atoms with Gasteiger partial charge in [0.15, 0.2) is 0 Å². The maximum Gasteiger partial charge on any atom is 0.303 e. The minimum Gasteiger partial charge on any atom is -0.481 e. The number of hydrogen-bond acceptors (Lipinski definition) is 4. The molecule has 2 N–H and O–H groups in total. The number of aromatic nitrogens is 3. The third-order valence-electron chi connectivity index (χ3n) is 1.99. The molecule has 7 heteroatoms. The highest BCUT2D eigenvalue weighted by atomic mass is 16.4. The Balaban J connectivity index is 2.39. The second-order valence-corrected chi connectivity index (χ2v) is 3.33. The topological polar surface area (TPSA) is 97.1 Å². The number of carbonyl (C=O) groups is 2. The van der Waals surface area contributed by atoms with Crippen LogP contribution < -0.4 is 5.32 Å². The Labute approximate surface area is 92.4 Å². The number of likely N-dealkylation sites (N-methyl/N-ethyl adjacent to an activating group) is 1. The van der Waals surface area contributed by atoms with E-state index < -0.39 is 5.97 Å². The van der Waals surface area contributed by atoms with Crippen molar-refractivity contribution >= 4 is 11.9 Å². The van der Waals surface area contributed by atoms with Crippen LogP contribution in [0.3, 0.4) is 0 Å². The molecular weight excluding hydrogens is 212 g/mol. The van der Waals surface area contributed by atoms with E-state index in [9.17, 15) is 9.59 Å². The zero-order valence-electron chi connectivity index (χ0n) is 9.01. The normalized spacial score (nSPS) is 10.1. The standard InChI is InChI=1S/C9H14N4O3/c1-10-8(14)6-13-5-7(11-12-13)3-2-4-9(15)16/h5H,2-4,6H2,1H3,(H,10,14)(H,15,16). The maximum absolute atomic E-state index is 11.0. The SMILES string of the molecule is CNC(=O)Cn1cc(CCCC(=O)O)nn1. The number of carbonyl (C=O) groups excluding carboxylic acids is 1. The van der Waals surface area contributed by atoms with Crippen LogP contribution in [0, 0.1) is 0 Å². The molecule has 88 valence electrons. The first kappa shape index (κ1) is 12.2. The van der Waals surface area contributed by atoms with Crippen molar-refractivity contribution in [2.75, 3.05) is 7.05 Å². The van der Waals surface area contributed by atoms with Gasteiger partial charge in [0.05, 0.1) is 5.69 Å². The number of hydrogen-bond donors (Lipinski definition) is 2. The molecule has 0 saturated heterocycles. The summed E-state index contributed by atoms with van der Waals surface area (Å²) in [5.41, 5.74) is 0.699. The molecule has 0 bridgehead atoms. The molecule has 1 aromatic heterocycles. The van der Waals surface area contributed by atoms with E-state index in [2.05, 4.69) is 15.6 Å². The van der Waals surface area contributed by atoms with E-state index >= 15 is 0 Å². The summed E-state index contributed by atoms with van der Waals surface area (Å²) in [7, 11) is 1.55. The second-order valence-electron chi connectivity index (χ2n) is 3.33. The zero-order chi connectivity index (χ0) is 12.0. The highest BCUT2D eigenvalue weighted by molar-refractivity contribution is 5.75. The first-order chi connectivity index (χ1) is 7.61. The number of aryl methyl sites for hydroxylation is 1. The van der Waals surface area contributed by atoms with Crippen molar-refractivity contribution in [3.8, 4) is 0 Å². The first-order valence-corrected chi connectivity index (χ1v) is 4.93. The number of amides is 1. The monoisotopic (exact) mass is 226 g/mol. The maximum atomic E-state index is 11.0. The summed E-state index contributed by atoms with van der Waals surface area (Å²) in [5, 5.41) is 18.5. The molecule has 1 rings (SSSR count). The zero-order valence-corrected chi connectivity index (χ0v) is 9.01. The van der Waals surface area contributed by atoms with Gasteiger partial charge in [0.1, 0.15) is 6.54 Å². The molecule has 0 aliphatic carbocycles. The molecule has 1 heterocycles. The van der Waals surface area contributed by atoms with E-state index in [-0.39, 0.29) is 18.9 Å². The van der Waals surface area contributed by atoms with E-state index in [4.69, 9.17) is 5.11 Å². The summed E-state index contributed by atoms with van der Waals surface area (Å²) in [6.45, 7) is 0.127. The van der Waals surface area contributed by atoms with Crippen molar-refractivity contribution in [2.45, 2.75) is 25.8 Å². The Bertz CT molecular complexity index is 375. The van der Waals surface area contributed by atoms with Crippen LogP contribution in [0.15, 0.2) is 6.20 Å². The van der Waals surface area contributed by atoms with Gasteiger partial charge in [-0.05, 0) is 12.8 Å². The fraction of sp³-hybridized carbons (Fsp3) is 0.556. The third kappa shape index (κ3) is 4.07. The van der Waals surface area contributed by atoms with E-state index in [1.54, 1.807) is 13.2 Å². The largest absolute Gasteiger partial charge is 0.481 e. The van der Waals surface area contributed by atoms with Gasteiger partial charge in [-0.1, -0.05) is 5.21 Å². The highest BCUT2D eigenvalue weighted by Gasteiger charge is 2.05. The van der Waals surface area contributed by atoms with E-state index in [0.29, 0.717) is 18.5 Å². The predicted octanol–water partition coefficient (Wildman–Crippen LogP) is -0.569. The molecule has 0 spiro atoms. The van der Waals surface area contributed by atoms with E-state index in [1.807, 2.05) is 0 Å². The Hall–Kier alpha value is -1.92. The quantitative estimate of drug-likeness (QED) is 0.677. The van der Waals surface area contributed by atoms with E-state index in [0.717, 1.165) is 0 Å². The molecule has 0 unspecified atom stereocenters. The number of carboxylic acids is 1. The van der Waals surface area contributed by atoms with Crippen molar-refractivity contribution in [2.24, 2.45) is 0 Å². The molecule has 16 heavy (non-hydrogen) atoms. The Kier molecular flexibility index (Phi) is 4.43. The number of nitrogens with zero attached hydrogens (tertiary/aromatic N) is 3. The number of aliphatic carboxylic acids is 1. The lowest BCUT2D eigenvalue weighted by molar-refractivity contribution is -0.137. The molecule has 0 aliphatic rings. The van der Waals surface area contributed by atoms with Crippen LogP contribution in [0.25, 0.3) is 0 Å². The highest BCUT2D eigenvalue weighted by Crippen LogP contribution is 2.00. The molecule has 0 atom stereocenters. The molecule has 0 aromatic carbocycles. The van der Waals surface area contributed by atoms with Crippen LogP contribution in [-0.4, -0.2) is 39.0 Å². The number of nitrogens with one attached hydrogen (secondary N) is 1. The van der Waals surface area contributed by atoms with Gasteiger partial charge in [-0.15, -0.1) is 5.10 Å². The smallest absolute Gasteiger partial charge is 0.303 e. The summed E-state index contributed by atoms with van der Waals surface area (Å²) in [4.78, 5) is 21.3. The average Bonchev–Trinajstić information content (AvgIpc) is 2.65. The molecular formula is C9H14N4O3. The minimum atomic E-state index is -0.822. The van der Waals surface area contributed by atoms with Crippen molar-refractivity contribution in [1.82, 2.24) is 20.3 Å². The molecule has 0 saturated carbocycles. The van der Waals surface area contributed by atoms with Crippen LogP contribution in [-0.2, 0) is 22.6 Å². The number of rotatable bonds is 6. The Morgan fingerprint density at radius 2 is 2.31 bits per heavy atom. The summed E-state index contributed by atoms with van der Waals surface area (Å²) in [6, 6.07) is 0. The van der Waals surface area contributed by atoms with Crippen molar-refractivity contribution < 1.29 is 14.7 Å². The Morgan fingerprint density at radius 1 is 1.56 bits per heavy atom. The summed E-state index contributed by atoms with van der Waals surface area (Å²) >= 11 is 0. The van der Waals surface area contributed by atoms with Crippen molar-refractivity contribution in [3.05, 3.63) is 11.9 Å². The van der Waals surface area contributed by atoms with Gasteiger partial charge in [-0.25, -0.2) is 4.68 Å². The third-order valence-corrected chi connectivity index (χ3v) is 1.99. The van der Waals surface area contributed by atoms with Crippen LogP contribution in [0.2, 0.25) is 0 Å². The first-order valence-electron chi connectivity index (χ1n) is 4.93. The molecule has 1 aromatic rings. The number of carboxylic acid groups (broad SMARTS) is 1. The van der Waals surface area contributed by atoms with Gasteiger partial charge in [0, 0.05) is 19.7 Å². The summed E-state index contributed by atoms with van der Waals surface area (Å²) in [6.07, 6.45) is 2.84. The fourth-order valence-electron chi connectivity index (χ4n) is 1.18. The lowest BCUT2D eigenvalue weighted by Crippen LogP contribution is -2.23. The van der Waals surface area contributed by atoms with Gasteiger partial charge >= 0.3 is 5.97 Å². The molecule has 1 amide bonds. The van der Waals surface area contributed by atoms with Crippen LogP contribution in [0.1, 0.15) is 18.5 Å². The molecule has 0 fully saturated rings. The second kappa shape index (κ2) is 5.84. The van der Waals surface area contributed by atoms with Gasteiger partial charge in [0.25, 0.3) is 0 Å². The van der Waals surface area contributed by atoms with Crippen molar-refractivity contribution in [1.29, 1.82) is 0 Å². The van der Waals surface area contributed by atoms with Crippen LogP contribution in [0.5, 0.6) is 0 Å². The average molecular weight is 226 g/mol. The van der Waals surface area contributed by atoms with E-state index in [1.165, 1.54) is 4.68 Å². The van der Waals surface area contributed by atoms with Crippen LogP contribution in [0.4, 0.5) is 0 Å². The van der Waals surface area contributed by atoms with Gasteiger partial charge < -0.3 is 10.4 Å². The van der Waals surface area contributed by atoms with Crippen LogP contribution >= 0.6 is 0 Å². The molecule has 7 nitrogen and oxygen atoms in total. The fourth-order valence-corrected chi connectivity index (χ4v) is 1.18.